The second-order valence-electron chi connectivity index (χ2n) is 5.26. The highest BCUT2D eigenvalue weighted by atomic mass is 16.5. The zero-order valence-corrected chi connectivity index (χ0v) is 13.2. The average Bonchev–Trinajstić information content (AvgIpc) is 2.53. The molecule has 23 heavy (non-hydrogen) atoms. The van der Waals surface area contributed by atoms with Crippen molar-refractivity contribution in [2.45, 2.75) is 32.9 Å². The topological polar surface area (TPSA) is 116 Å². The number of hydrogen-bond acceptors (Lipinski definition) is 6. The van der Waals surface area contributed by atoms with E-state index in [9.17, 15) is 19.5 Å². The van der Waals surface area contributed by atoms with Gasteiger partial charge in [-0.2, -0.15) is 0 Å². The number of aliphatic carboxylic acids is 1. The molecule has 0 aliphatic rings. The molecular formula is C16H21NO6. The Labute approximate surface area is 134 Å². The first-order valence-electron chi connectivity index (χ1n) is 7.18. The fourth-order valence-corrected chi connectivity index (χ4v) is 1.91. The third-order valence-corrected chi connectivity index (χ3v) is 3.35. The summed E-state index contributed by atoms with van der Waals surface area (Å²) in [6, 6.07) is 7.63. The van der Waals surface area contributed by atoms with Gasteiger partial charge in [-0.15, -0.1) is 0 Å². The van der Waals surface area contributed by atoms with Crippen LogP contribution in [-0.4, -0.2) is 35.7 Å². The maximum Gasteiger partial charge on any atom is 0.323 e. The van der Waals surface area contributed by atoms with Crippen LogP contribution in [0.15, 0.2) is 30.3 Å². The summed E-state index contributed by atoms with van der Waals surface area (Å²) < 4.78 is 9.80. The number of nitrogens with two attached hydrogens (primary N) is 1. The number of carbonyl (C=O) groups excluding carboxylic acids is 2. The summed E-state index contributed by atoms with van der Waals surface area (Å²) in [5.41, 5.74) is 4.42. The molecule has 0 spiro atoms. The molecule has 0 saturated heterocycles. The third kappa shape index (κ3) is 5.07. The molecule has 0 saturated carbocycles. The van der Waals surface area contributed by atoms with Gasteiger partial charge in [-0.1, -0.05) is 30.3 Å². The minimum atomic E-state index is -1.93. The lowest BCUT2D eigenvalue weighted by Crippen LogP contribution is -2.45. The SMILES string of the molecule is CCOC(=O)C(N)C[C@@](C)(C(=O)O)C(=O)OCc1ccccc1. The maximum absolute atomic E-state index is 12.2. The Kier molecular flexibility index (Phi) is 6.71. The molecule has 7 heteroatoms. The minimum absolute atomic E-state index is 0.0583. The Morgan fingerprint density at radius 3 is 2.35 bits per heavy atom. The van der Waals surface area contributed by atoms with E-state index < -0.39 is 35.8 Å². The zero-order chi connectivity index (χ0) is 17.5. The summed E-state index contributed by atoms with van der Waals surface area (Å²) >= 11 is 0. The van der Waals surface area contributed by atoms with E-state index in [1.807, 2.05) is 6.07 Å². The first kappa shape index (κ1) is 18.6. The van der Waals surface area contributed by atoms with Crippen LogP contribution in [0.2, 0.25) is 0 Å². The molecule has 7 nitrogen and oxygen atoms in total. The third-order valence-electron chi connectivity index (χ3n) is 3.35. The van der Waals surface area contributed by atoms with E-state index in [1.165, 1.54) is 6.92 Å². The van der Waals surface area contributed by atoms with Gasteiger partial charge in [0.05, 0.1) is 6.61 Å². The van der Waals surface area contributed by atoms with Crippen molar-refractivity contribution in [3.63, 3.8) is 0 Å². The lowest BCUT2D eigenvalue weighted by atomic mass is 9.83. The van der Waals surface area contributed by atoms with E-state index in [0.29, 0.717) is 0 Å². The molecule has 1 unspecified atom stereocenters. The Hall–Kier alpha value is -2.41. The molecule has 0 aliphatic heterocycles. The Morgan fingerprint density at radius 1 is 1.22 bits per heavy atom. The number of esters is 2. The Bertz CT molecular complexity index is 559. The van der Waals surface area contributed by atoms with Crippen molar-refractivity contribution < 1.29 is 29.0 Å². The second kappa shape index (κ2) is 8.28. The van der Waals surface area contributed by atoms with Crippen LogP contribution in [0.5, 0.6) is 0 Å². The average molecular weight is 323 g/mol. The molecule has 126 valence electrons. The highest BCUT2D eigenvalue weighted by molar-refractivity contribution is 5.99. The summed E-state index contributed by atoms with van der Waals surface area (Å²) in [5, 5.41) is 9.35. The molecule has 0 heterocycles. The van der Waals surface area contributed by atoms with Crippen LogP contribution in [-0.2, 0) is 30.5 Å². The second-order valence-corrected chi connectivity index (χ2v) is 5.26. The molecule has 0 aliphatic carbocycles. The van der Waals surface area contributed by atoms with Crippen LogP contribution >= 0.6 is 0 Å². The van der Waals surface area contributed by atoms with E-state index in [2.05, 4.69) is 0 Å². The molecule has 0 bridgehead atoms. The van der Waals surface area contributed by atoms with Gasteiger partial charge in [-0.05, 0) is 25.8 Å². The lowest BCUT2D eigenvalue weighted by molar-refractivity contribution is -0.170. The molecule has 0 radical (unpaired) electrons. The van der Waals surface area contributed by atoms with Crippen molar-refractivity contribution >= 4 is 17.9 Å². The minimum Gasteiger partial charge on any atom is -0.480 e. The number of carboxylic acids is 1. The molecule has 1 rings (SSSR count). The van der Waals surface area contributed by atoms with Gasteiger partial charge < -0.3 is 20.3 Å². The number of carboxylic acid groups (broad SMARTS) is 1. The van der Waals surface area contributed by atoms with Crippen molar-refractivity contribution in [2.75, 3.05) is 6.61 Å². The van der Waals surface area contributed by atoms with Crippen molar-refractivity contribution in [3.05, 3.63) is 35.9 Å². The quantitative estimate of drug-likeness (QED) is 0.543. The fourth-order valence-electron chi connectivity index (χ4n) is 1.91. The smallest absolute Gasteiger partial charge is 0.323 e. The van der Waals surface area contributed by atoms with Crippen LogP contribution < -0.4 is 5.73 Å². The van der Waals surface area contributed by atoms with Gasteiger partial charge in [0.1, 0.15) is 12.6 Å². The van der Waals surface area contributed by atoms with E-state index in [4.69, 9.17) is 15.2 Å². The number of ether oxygens (including phenoxy) is 2. The van der Waals surface area contributed by atoms with Gasteiger partial charge in [-0.25, -0.2) is 0 Å². The van der Waals surface area contributed by atoms with Crippen LogP contribution in [0.25, 0.3) is 0 Å². The summed E-state index contributed by atoms with van der Waals surface area (Å²) in [4.78, 5) is 35.2. The fraction of sp³-hybridized carbons (Fsp3) is 0.438. The van der Waals surface area contributed by atoms with E-state index in [0.717, 1.165) is 5.56 Å². The summed E-state index contributed by atoms with van der Waals surface area (Å²) in [6.45, 7) is 2.85. The van der Waals surface area contributed by atoms with Crippen molar-refractivity contribution in [3.8, 4) is 0 Å². The lowest BCUT2D eigenvalue weighted by Gasteiger charge is -2.25. The molecule has 3 N–H and O–H groups in total. The van der Waals surface area contributed by atoms with Crippen LogP contribution in [0.1, 0.15) is 25.8 Å². The van der Waals surface area contributed by atoms with Crippen LogP contribution in [0, 0.1) is 5.41 Å². The van der Waals surface area contributed by atoms with Gasteiger partial charge in [0, 0.05) is 0 Å². The molecule has 1 aromatic carbocycles. The zero-order valence-electron chi connectivity index (χ0n) is 13.2. The van der Waals surface area contributed by atoms with Gasteiger partial charge in [-0.3, -0.25) is 14.4 Å². The number of benzene rings is 1. The highest BCUT2D eigenvalue weighted by Gasteiger charge is 2.45. The summed E-state index contributed by atoms with van der Waals surface area (Å²) in [6.07, 6.45) is -0.408. The Morgan fingerprint density at radius 2 is 1.83 bits per heavy atom. The van der Waals surface area contributed by atoms with Crippen LogP contribution in [0.3, 0.4) is 0 Å². The largest absolute Gasteiger partial charge is 0.480 e. The van der Waals surface area contributed by atoms with Gasteiger partial charge >= 0.3 is 17.9 Å². The van der Waals surface area contributed by atoms with E-state index in [-0.39, 0.29) is 13.2 Å². The first-order chi connectivity index (χ1) is 10.8. The van der Waals surface area contributed by atoms with E-state index in [1.54, 1.807) is 31.2 Å². The Balaban J connectivity index is 2.76. The standard InChI is InChI=1S/C16H21NO6/c1-3-22-13(18)12(17)9-16(2,14(19)20)15(21)23-10-11-7-5-4-6-8-11/h4-8,12H,3,9-10,17H2,1-2H3,(H,19,20)/t12?,16-/m0/s1. The molecule has 1 aromatic rings. The maximum atomic E-state index is 12.2. The number of carbonyl (C=O) groups is 3. The summed E-state index contributed by atoms with van der Waals surface area (Å²) in [7, 11) is 0. The van der Waals surface area contributed by atoms with Gasteiger partial charge in [0.25, 0.3) is 0 Å². The molecule has 2 atom stereocenters. The van der Waals surface area contributed by atoms with Gasteiger partial charge in [0.15, 0.2) is 5.41 Å². The number of rotatable bonds is 8. The molecular weight excluding hydrogens is 302 g/mol. The molecule has 0 fully saturated rings. The normalized spacial score (nSPS) is 14.4. The number of hydrogen-bond donors (Lipinski definition) is 2. The van der Waals surface area contributed by atoms with Gasteiger partial charge in [0.2, 0.25) is 0 Å². The predicted molar refractivity (Wildman–Crippen MR) is 81.2 cm³/mol. The monoisotopic (exact) mass is 323 g/mol. The molecule has 0 amide bonds. The predicted octanol–water partition coefficient (Wildman–Crippen LogP) is 1.10. The van der Waals surface area contributed by atoms with E-state index >= 15 is 0 Å². The molecule has 0 aromatic heterocycles. The van der Waals surface area contributed by atoms with Crippen molar-refractivity contribution in [1.82, 2.24) is 0 Å². The highest BCUT2D eigenvalue weighted by Crippen LogP contribution is 2.26. The van der Waals surface area contributed by atoms with Crippen molar-refractivity contribution in [2.24, 2.45) is 11.1 Å². The van der Waals surface area contributed by atoms with Crippen LogP contribution in [0.4, 0.5) is 0 Å². The van der Waals surface area contributed by atoms with Crippen molar-refractivity contribution in [1.29, 1.82) is 0 Å². The summed E-state index contributed by atoms with van der Waals surface area (Å²) in [5.74, 6) is -3.11. The first-order valence-corrected chi connectivity index (χ1v) is 7.18.